The second-order valence-corrected chi connectivity index (χ2v) is 10.0. The van der Waals surface area contributed by atoms with E-state index < -0.39 is 10.0 Å². The van der Waals surface area contributed by atoms with Crippen molar-refractivity contribution >= 4 is 21.8 Å². The molecule has 0 bridgehead atoms. The molecular formula is C24H31N3O4S. The van der Waals surface area contributed by atoms with Gasteiger partial charge in [-0.25, -0.2) is 13.1 Å². The van der Waals surface area contributed by atoms with Crippen LogP contribution in [-0.2, 0) is 14.8 Å². The quantitative estimate of drug-likeness (QED) is 0.596. The zero-order valence-corrected chi connectivity index (χ0v) is 19.5. The third-order valence-electron chi connectivity index (χ3n) is 5.87. The third kappa shape index (κ3) is 6.40. The van der Waals surface area contributed by atoms with Crippen molar-refractivity contribution in [2.45, 2.75) is 50.5 Å². The maximum atomic E-state index is 12.5. The Bertz CT molecular complexity index is 1050. The van der Waals surface area contributed by atoms with E-state index in [4.69, 9.17) is 0 Å². The van der Waals surface area contributed by atoms with E-state index in [1.807, 2.05) is 32.0 Å². The number of benzene rings is 2. The lowest BCUT2D eigenvalue weighted by molar-refractivity contribution is -0.132. The average Bonchev–Trinajstić information content (AvgIpc) is 2.79. The maximum Gasteiger partial charge on any atom is 0.251 e. The van der Waals surface area contributed by atoms with Crippen molar-refractivity contribution in [3.63, 3.8) is 0 Å². The molecule has 2 aromatic carbocycles. The highest BCUT2D eigenvalue weighted by Crippen LogP contribution is 2.15. The molecule has 0 aliphatic carbocycles. The molecule has 1 fully saturated rings. The SMILES string of the molecule is Cc1ccc(S(=O)(=O)NCCCC(=O)N2CCC(NC(=O)c3ccccc3)CC2)cc1C. The molecule has 1 saturated heterocycles. The zero-order valence-electron chi connectivity index (χ0n) is 18.6. The van der Waals surface area contributed by atoms with E-state index in [0.29, 0.717) is 37.9 Å². The smallest absolute Gasteiger partial charge is 0.251 e. The zero-order chi connectivity index (χ0) is 23.1. The molecule has 2 N–H and O–H groups in total. The van der Waals surface area contributed by atoms with Crippen molar-refractivity contribution in [1.82, 2.24) is 14.9 Å². The van der Waals surface area contributed by atoms with E-state index in [1.54, 1.807) is 35.2 Å². The van der Waals surface area contributed by atoms with E-state index in [9.17, 15) is 18.0 Å². The molecule has 0 atom stereocenters. The number of piperidine rings is 1. The number of sulfonamides is 1. The van der Waals surface area contributed by atoms with Gasteiger partial charge in [-0.15, -0.1) is 0 Å². The molecule has 1 aliphatic rings. The van der Waals surface area contributed by atoms with Crippen molar-refractivity contribution in [2.24, 2.45) is 0 Å². The highest BCUT2D eigenvalue weighted by Gasteiger charge is 2.24. The summed E-state index contributed by atoms with van der Waals surface area (Å²) >= 11 is 0. The Balaban J connectivity index is 1.38. The normalized spacial score (nSPS) is 14.9. The van der Waals surface area contributed by atoms with Crippen molar-refractivity contribution in [2.75, 3.05) is 19.6 Å². The minimum atomic E-state index is -3.58. The maximum absolute atomic E-state index is 12.5. The number of rotatable bonds is 8. The molecule has 7 nitrogen and oxygen atoms in total. The average molecular weight is 458 g/mol. The lowest BCUT2D eigenvalue weighted by Gasteiger charge is -2.32. The fraction of sp³-hybridized carbons (Fsp3) is 0.417. The Morgan fingerprint density at radius 3 is 2.34 bits per heavy atom. The highest BCUT2D eigenvalue weighted by atomic mass is 32.2. The topological polar surface area (TPSA) is 95.6 Å². The third-order valence-corrected chi connectivity index (χ3v) is 7.33. The molecule has 2 aromatic rings. The van der Waals surface area contributed by atoms with Gasteiger partial charge in [-0.05, 0) is 68.5 Å². The number of likely N-dealkylation sites (tertiary alicyclic amines) is 1. The monoisotopic (exact) mass is 457 g/mol. The van der Waals surface area contributed by atoms with Crippen LogP contribution in [0.1, 0.15) is 47.2 Å². The first-order chi connectivity index (χ1) is 15.3. The van der Waals surface area contributed by atoms with Crippen molar-refractivity contribution in [3.05, 3.63) is 65.2 Å². The van der Waals surface area contributed by atoms with Crippen molar-refractivity contribution < 1.29 is 18.0 Å². The molecule has 2 amide bonds. The summed E-state index contributed by atoms with van der Waals surface area (Å²) in [5.41, 5.74) is 2.60. The minimum Gasteiger partial charge on any atom is -0.349 e. The first kappa shape index (κ1) is 23.9. The molecular weight excluding hydrogens is 426 g/mol. The van der Waals surface area contributed by atoms with Crippen LogP contribution in [-0.4, -0.2) is 50.8 Å². The number of carbonyl (C=O) groups excluding carboxylic acids is 2. The van der Waals surface area contributed by atoms with E-state index in [0.717, 1.165) is 11.1 Å². The molecule has 0 spiro atoms. The Labute approximate surface area is 190 Å². The van der Waals surface area contributed by atoms with Crippen LogP contribution < -0.4 is 10.0 Å². The molecule has 1 heterocycles. The number of hydrogen-bond donors (Lipinski definition) is 2. The summed E-state index contributed by atoms with van der Waals surface area (Å²) in [5.74, 6) is -0.0744. The van der Waals surface area contributed by atoms with Crippen molar-refractivity contribution in [3.8, 4) is 0 Å². The van der Waals surface area contributed by atoms with E-state index >= 15 is 0 Å². The molecule has 172 valence electrons. The van der Waals surface area contributed by atoms with Gasteiger partial charge in [0.1, 0.15) is 0 Å². The first-order valence-electron chi connectivity index (χ1n) is 11.0. The van der Waals surface area contributed by atoms with Gasteiger partial charge in [0.25, 0.3) is 5.91 Å². The lowest BCUT2D eigenvalue weighted by atomic mass is 10.0. The van der Waals surface area contributed by atoms with Crippen LogP contribution in [0.15, 0.2) is 53.4 Å². The highest BCUT2D eigenvalue weighted by molar-refractivity contribution is 7.89. The van der Waals surface area contributed by atoms with Gasteiger partial charge in [0.2, 0.25) is 15.9 Å². The largest absolute Gasteiger partial charge is 0.349 e. The van der Waals surface area contributed by atoms with Gasteiger partial charge in [-0.1, -0.05) is 24.3 Å². The molecule has 3 rings (SSSR count). The molecule has 8 heteroatoms. The Kier molecular flexibility index (Phi) is 8.04. The summed E-state index contributed by atoms with van der Waals surface area (Å²) in [5, 5.41) is 3.03. The fourth-order valence-corrected chi connectivity index (χ4v) is 4.86. The van der Waals surface area contributed by atoms with Crippen LogP contribution in [0.2, 0.25) is 0 Å². The Hall–Kier alpha value is -2.71. The fourth-order valence-electron chi connectivity index (χ4n) is 3.70. The van der Waals surface area contributed by atoms with Crippen molar-refractivity contribution in [1.29, 1.82) is 0 Å². The van der Waals surface area contributed by atoms with Gasteiger partial charge in [-0.3, -0.25) is 9.59 Å². The number of nitrogens with one attached hydrogen (secondary N) is 2. The van der Waals surface area contributed by atoms with Crippen LogP contribution in [0.4, 0.5) is 0 Å². The van der Waals surface area contributed by atoms with Crippen LogP contribution >= 0.6 is 0 Å². The van der Waals surface area contributed by atoms with E-state index in [1.165, 1.54) is 0 Å². The second-order valence-electron chi connectivity index (χ2n) is 8.24. The standard InChI is InChI=1S/C24H31N3O4S/c1-18-10-11-22(17-19(18)2)32(30,31)25-14-6-9-23(28)27-15-12-21(13-16-27)26-24(29)20-7-4-3-5-8-20/h3-5,7-8,10-11,17,21,25H,6,9,12-16H2,1-2H3,(H,26,29). The predicted octanol–water partition coefficient (Wildman–Crippen LogP) is 2.78. The van der Waals surface area contributed by atoms with Crippen LogP contribution in [0, 0.1) is 13.8 Å². The molecule has 0 saturated carbocycles. The Morgan fingerprint density at radius 2 is 1.69 bits per heavy atom. The van der Waals surface area contributed by atoms with Gasteiger partial charge in [-0.2, -0.15) is 0 Å². The second kappa shape index (κ2) is 10.7. The van der Waals surface area contributed by atoms with Crippen LogP contribution in [0.3, 0.4) is 0 Å². The number of amides is 2. The summed E-state index contributed by atoms with van der Waals surface area (Å²) < 4.78 is 27.4. The van der Waals surface area contributed by atoms with Gasteiger partial charge in [0.15, 0.2) is 0 Å². The van der Waals surface area contributed by atoms with Crippen LogP contribution in [0.5, 0.6) is 0 Å². The number of carbonyl (C=O) groups is 2. The van der Waals surface area contributed by atoms with E-state index in [-0.39, 0.29) is 35.7 Å². The number of nitrogens with zero attached hydrogens (tertiary/aromatic N) is 1. The first-order valence-corrected chi connectivity index (χ1v) is 12.5. The minimum absolute atomic E-state index is 0.0169. The van der Waals surface area contributed by atoms with Gasteiger partial charge < -0.3 is 10.2 Å². The summed E-state index contributed by atoms with van der Waals surface area (Å²) in [6.45, 7) is 5.21. The predicted molar refractivity (Wildman–Crippen MR) is 124 cm³/mol. The molecule has 0 unspecified atom stereocenters. The Morgan fingerprint density at radius 1 is 1.00 bits per heavy atom. The summed E-state index contributed by atoms with van der Waals surface area (Å²) in [7, 11) is -3.58. The van der Waals surface area contributed by atoms with Gasteiger partial charge >= 0.3 is 0 Å². The van der Waals surface area contributed by atoms with E-state index in [2.05, 4.69) is 10.0 Å². The summed E-state index contributed by atoms with van der Waals surface area (Å²) in [6.07, 6.45) is 2.15. The molecule has 1 aliphatic heterocycles. The summed E-state index contributed by atoms with van der Waals surface area (Å²) in [6, 6.07) is 14.2. The number of hydrogen-bond acceptors (Lipinski definition) is 4. The lowest BCUT2D eigenvalue weighted by Crippen LogP contribution is -2.46. The summed E-state index contributed by atoms with van der Waals surface area (Å²) in [4.78, 5) is 26.8. The van der Waals surface area contributed by atoms with Gasteiger partial charge in [0, 0.05) is 37.7 Å². The van der Waals surface area contributed by atoms with Crippen LogP contribution in [0.25, 0.3) is 0 Å². The molecule has 32 heavy (non-hydrogen) atoms. The molecule has 0 aromatic heterocycles. The van der Waals surface area contributed by atoms with Gasteiger partial charge in [0.05, 0.1) is 4.90 Å². The molecule has 0 radical (unpaired) electrons. The number of aryl methyl sites for hydroxylation is 2.